The number of hydrogen-bond donors (Lipinski definition) is 1. The van der Waals surface area contributed by atoms with E-state index < -0.39 is 0 Å². The minimum atomic E-state index is 0. The van der Waals surface area contributed by atoms with E-state index in [4.69, 9.17) is 0 Å². The molecule has 1 aromatic rings. The lowest BCUT2D eigenvalue weighted by Gasteiger charge is -2.15. The van der Waals surface area contributed by atoms with Gasteiger partial charge in [0.1, 0.15) is 0 Å². The van der Waals surface area contributed by atoms with Crippen LogP contribution in [0.25, 0.3) is 0 Å². The highest BCUT2D eigenvalue weighted by atomic mass is 127. The Morgan fingerprint density at radius 2 is 2.25 bits per heavy atom. The molecule has 0 saturated carbocycles. The molecule has 0 spiro atoms. The number of guanidine groups is 1. The number of nitrogens with one attached hydrogen (secondary N) is 1. The highest BCUT2D eigenvalue weighted by Crippen LogP contribution is 2.04. The van der Waals surface area contributed by atoms with Crippen LogP contribution in [0.3, 0.4) is 0 Å². The average Bonchev–Trinajstić information content (AvgIpc) is 2.61. The lowest BCUT2D eigenvalue weighted by molar-refractivity contribution is 0.534. The van der Waals surface area contributed by atoms with Crippen LogP contribution in [0.5, 0.6) is 0 Å². The molecule has 1 aliphatic rings. The van der Waals surface area contributed by atoms with Gasteiger partial charge < -0.3 is 10.2 Å². The molecule has 1 N–H and O–H groups in total. The largest absolute Gasteiger partial charge is 0.352 e. The Morgan fingerprint density at radius 1 is 1.44 bits per heavy atom. The number of aryl methyl sites for hydroxylation is 1. The van der Waals surface area contributed by atoms with Crippen molar-refractivity contribution in [3.05, 3.63) is 35.4 Å². The molecule has 0 radical (unpaired) electrons. The molecule has 0 atom stereocenters. The molecule has 0 bridgehead atoms. The monoisotopic (exact) mass is 331 g/mol. The van der Waals surface area contributed by atoms with Crippen LogP contribution in [0.2, 0.25) is 0 Å². The molecule has 0 fully saturated rings. The van der Waals surface area contributed by atoms with Gasteiger partial charge in [-0.25, -0.2) is 0 Å². The average molecular weight is 331 g/mol. The van der Waals surface area contributed by atoms with Crippen LogP contribution in [0.4, 0.5) is 0 Å². The number of aliphatic imine (C=N–C) groups is 1. The van der Waals surface area contributed by atoms with Crippen LogP contribution in [0.15, 0.2) is 29.3 Å². The second-order valence-electron chi connectivity index (χ2n) is 3.97. The number of halogens is 1. The zero-order chi connectivity index (χ0) is 10.7. The van der Waals surface area contributed by atoms with Crippen molar-refractivity contribution in [2.45, 2.75) is 13.5 Å². The highest BCUT2D eigenvalue weighted by molar-refractivity contribution is 14.0. The van der Waals surface area contributed by atoms with Crippen LogP contribution >= 0.6 is 24.0 Å². The second kappa shape index (κ2) is 6.08. The molecule has 1 aromatic carbocycles. The van der Waals surface area contributed by atoms with Crippen molar-refractivity contribution in [1.29, 1.82) is 0 Å². The fourth-order valence-corrected chi connectivity index (χ4v) is 1.73. The maximum atomic E-state index is 4.39. The zero-order valence-electron chi connectivity index (χ0n) is 9.73. The predicted molar refractivity (Wildman–Crippen MR) is 78.4 cm³/mol. The smallest absolute Gasteiger partial charge is 0.194 e. The van der Waals surface area contributed by atoms with E-state index in [2.05, 4.69) is 53.4 Å². The van der Waals surface area contributed by atoms with E-state index in [0.717, 1.165) is 25.6 Å². The van der Waals surface area contributed by atoms with E-state index in [9.17, 15) is 0 Å². The number of hydrogen-bond acceptors (Lipinski definition) is 3. The third kappa shape index (κ3) is 3.37. The molecule has 2 rings (SSSR count). The van der Waals surface area contributed by atoms with Crippen molar-refractivity contribution in [2.75, 3.05) is 20.1 Å². The molecule has 16 heavy (non-hydrogen) atoms. The fraction of sp³-hybridized carbons (Fsp3) is 0.417. The molecule has 0 aromatic heterocycles. The Hall–Kier alpha value is -0.780. The first kappa shape index (κ1) is 13.3. The van der Waals surface area contributed by atoms with E-state index >= 15 is 0 Å². The lowest BCUT2D eigenvalue weighted by Crippen LogP contribution is -2.35. The highest BCUT2D eigenvalue weighted by Gasteiger charge is 2.10. The van der Waals surface area contributed by atoms with Gasteiger partial charge in [0.25, 0.3) is 0 Å². The van der Waals surface area contributed by atoms with Gasteiger partial charge in [-0.05, 0) is 12.5 Å². The summed E-state index contributed by atoms with van der Waals surface area (Å²) < 4.78 is 0. The number of rotatable bonds is 2. The first-order valence-corrected chi connectivity index (χ1v) is 5.31. The number of likely N-dealkylation sites (N-methyl/N-ethyl adjacent to an activating group) is 1. The standard InChI is InChI=1S/C12H17N3.HI/c1-10-4-3-5-11(8-10)9-14-12-13-6-7-15(12)2;/h3-5,8H,6-7,9H2,1-2H3,(H,13,14);1H. The Morgan fingerprint density at radius 3 is 2.88 bits per heavy atom. The van der Waals surface area contributed by atoms with Crippen LogP contribution in [0.1, 0.15) is 11.1 Å². The van der Waals surface area contributed by atoms with E-state index in [1.165, 1.54) is 11.1 Å². The summed E-state index contributed by atoms with van der Waals surface area (Å²) >= 11 is 0. The van der Waals surface area contributed by atoms with Gasteiger partial charge in [0.05, 0.1) is 6.54 Å². The Bertz CT molecular complexity index is 376. The Labute approximate surface area is 114 Å². The van der Waals surface area contributed by atoms with Gasteiger partial charge in [-0.1, -0.05) is 29.8 Å². The van der Waals surface area contributed by atoms with Gasteiger partial charge >= 0.3 is 0 Å². The lowest BCUT2D eigenvalue weighted by atomic mass is 10.1. The molecule has 88 valence electrons. The van der Waals surface area contributed by atoms with Gasteiger partial charge in [0.15, 0.2) is 5.96 Å². The van der Waals surface area contributed by atoms with E-state index in [-0.39, 0.29) is 24.0 Å². The molecule has 4 heteroatoms. The van der Waals surface area contributed by atoms with Gasteiger partial charge in [0.2, 0.25) is 0 Å². The summed E-state index contributed by atoms with van der Waals surface area (Å²) in [6.45, 7) is 4.90. The van der Waals surface area contributed by atoms with Crippen LogP contribution in [-0.2, 0) is 6.54 Å². The Kier molecular flexibility index (Phi) is 5.05. The summed E-state index contributed by atoms with van der Waals surface area (Å²) in [5.41, 5.74) is 2.61. The maximum Gasteiger partial charge on any atom is 0.194 e. The molecule has 0 aliphatic carbocycles. The Balaban J connectivity index is 0.00000128. The summed E-state index contributed by atoms with van der Waals surface area (Å²) in [4.78, 5) is 6.53. The predicted octanol–water partition coefficient (Wildman–Crippen LogP) is 2.00. The molecule has 0 saturated heterocycles. The molecule has 1 heterocycles. The molecule has 1 aliphatic heterocycles. The summed E-state index contributed by atoms with van der Waals surface area (Å²) in [5, 5.41) is 3.35. The SMILES string of the molecule is Cc1cccc(CNC2=NCCN2C)c1.I. The first-order valence-electron chi connectivity index (χ1n) is 5.31. The van der Waals surface area contributed by atoms with Crippen molar-refractivity contribution in [3.8, 4) is 0 Å². The summed E-state index contributed by atoms with van der Waals surface area (Å²) in [6.07, 6.45) is 0. The van der Waals surface area contributed by atoms with Crippen LogP contribution in [0, 0.1) is 6.92 Å². The zero-order valence-corrected chi connectivity index (χ0v) is 12.1. The van der Waals surface area contributed by atoms with Crippen LogP contribution < -0.4 is 5.32 Å². The minimum Gasteiger partial charge on any atom is -0.352 e. The van der Waals surface area contributed by atoms with E-state index in [1.807, 2.05) is 0 Å². The first-order chi connectivity index (χ1) is 7.25. The summed E-state index contributed by atoms with van der Waals surface area (Å²) in [6, 6.07) is 8.53. The minimum absolute atomic E-state index is 0. The van der Waals surface area contributed by atoms with Gasteiger partial charge in [0, 0.05) is 20.1 Å². The third-order valence-electron chi connectivity index (χ3n) is 2.59. The van der Waals surface area contributed by atoms with E-state index in [1.54, 1.807) is 0 Å². The van der Waals surface area contributed by atoms with Crippen molar-refractivity contribution in [2.24, 2.45) is 4.99 Å². The normalized spacial score (nSPS) is 14.4. The van der Waals surface area contributed by atoms with Crippen molar-refractivity contribution in [3.63, 3.8) is 0 Å². The van der Waals surface area contributed by atoms with Crippen molar-refractivity contribution >= 4 is 29.9 Å². The molecule has 0 amide bonds. The maximum absolute atomic E-state index is 4.39. The topological polar surface area (TPSA) is 27.6 Å². The van der Waals surface area contributed by atoms with Crippen LogP contribution in [-0.4, -0.2) is 31.0 Å². The van der Waals surface area contributed by atoms with Crippen molar-refractivity contribution in [1.82, 2.24) is 10.2 Å². The number of nitrogens with zero attached hydrogens (tertiary/aromatic N) is 2. The summed E-state index contributed by atoms with van der Waals surface area (Å²) in [7, 11) is 2.06. The van der Waals surface area contributed by atoms with Crippen molar-refractivity contribution < 1.29 is 0 Å². The molecular weight excluding hydrogens is 313 g/mol. The number of benzene rings is 1. The quantitative estimate of drug-likeness (QED) is 0.840. The third-order valence-corrected chi connectivity index (χ3v) is 2.59. The molecule has 3 nitrogen and oxygen atoms in total. The molecule has 0 unspecified atom stereocenters. The van der Waals surface area contributed by atoms with Gasteiger partial charge in [-0.15, -0.1) is 24.0 Å². The summed E-state index contributed by atoms with van der Waals surface area (Å²) in [5.74, 6) is 1.01. The second-order valence-corrected chi connectivity index (χ2v) is 3.97. The van der Waals surface area contributed by atoms with Gasteiger partial charge in [-0.3, -0.25) is 4.99 Å². The fourth-order valence-electron chi connectivity index (χ4n) is 1.73. The van der Waals surface area contributed by atoms with Gasteiger partial charge in [-0.2, -0.15) is 0 Å². The van der Waals surface area contributed by atoms with E-state index in [0.29, 0.717) is 0 Å². The molecular formula is C12H18IN3.